The van der Waals surface area contributed by atoms with Gasteiger partial charge in [-0.15, -0.1) is 0 Å². The SMILES string of the molecule is CC(C)(C)CNc1ccc(Cl)c(Cl)c1. The van der Waals surface area contributed by atoms with Crippen LogP contribution in [0.4, 0.5) is 5.69 Å². The molecule has 0 bridgehead atoms. The van der Waals surface area contributed by atoms with Crippen LogP contribution in [-0.2, 0) is 0 Å². The molecule has 0 heterocycles. The van der Waals surface area contributed by atoms with Gasteiger partial charge in [-0.25, -0.2) is 0 Å². The predicted molar refractivity (Wildman–Crippen MR) is 64.4 cm³/mol. The van der Waals surface area contributed by atoms with Crippen LogP contribution < -0.4 is 5.32 Å². The number of rotatable bonds is 2. The quantitative estimate of drug-likeness (QED) is 0.794. The minimum absolute atomic E-state index is 0.256. The molecule has 0 saturated carbocycles. The molecule has 0 spiro atoms. The summed E-state index contributed by atoms with van der Waals surface area (Å²) in [5, 5.41) is 4.49. The lowest BCUT2D eigenvalue weighted by Crippen LogP contribution is -2.18. The Morgan fingerprint density at radius 2 is 1.79 bits per heavy atom. The van der Waals surface area contributed by atoms with Gasteiger partial charge in [-0.3, -0.25) is 0 Å². The Balaban J connectivity index is 2.65. The molecular formula is C11H15Cl2N. The molecule has 0 radical (unpaired) electrons. The van der Waals surface area contributed by atoms with Gasteiger partial charge in [-0.1, -0.05) is 44.0 Å². The molecule has 1 N–H and O–H groups in total. The minimum atomic E-state index is 0.256. The third-order valence-corrected chi connectivity index (χ3v) is 2.48. The number of hydrogen-bond donors (Lipinski definition) is 1. The van der Waals surface area contributed by atoms with Crippen molar-refractivity contribution >= 4 is 28.9 Å². The van der Waals surface area contributed by atoms with Crippen LogP contribution in [0, 0.1) is 5.41 Å². The fraction of sp³-hybridized carbons (Fsp3) is 0.455. The highest BCUT2D eigenvalue weighted by Crippen LogP contribution is 2.25. The average molecular weight is 232 g/mol. The van der Waals surface area contributed by atoms with Gasteiger partial charge < -0.3 is 5.32 Å². The molecule has 0 saturated heterocycles. The Hall–Kier alpha value is -0.400. The molecule has 0 aliphatic carbocycles. The van der Waals surface area contributed by atoms with Gasteiger partial charge in [0.2, 0.25) is 0 Å². The topological polar surface area (TPSA) is 12.0 Å². The van der Waals surface area contributed by atoms with E-state index in [4.69, 9.17) is 23.2 Å². The van der Waals surface area contributed by atoms with E-state index < -0.39 is 0 Å². The van der Waals surface area contributed by atoms with Crippen LogP contribution in [0.5, 0.6) is 0 Å². The lowest BCUT2D eigenvalue weighted by Gasteiger charge is -2.19. The van der Waals surface area contributed by atoms with Crippen LogP contribution in [-0.4, -0.2) is 6.54 Å². The summed E-state index contributed by atoms with van der Waals surface area (Å²) in [4.78, 5) is 0. The Labute approximate surface area is 95.4 Å². The minimum Gasteiger partial charge on any atom is -0.384 e. The second-order valence-electron chi connectivity index (χ2n) is 4.54. The fourth-order valence-corrected chi connectivity index (χ4v) is 1.27. The maximum atomic E-state index is 5.89. The molecule has 0 atom stereocenters. The summed E-state index contributed by atoms with van der Waals surface area (Å²) in [5.41, 5.74) is 1.26. The molecule has 14 heavy (non-hydrogen) atoms. The first-order valence-corrected chi connectivity index (χ1v) is 5.33. The highest BCUT2D eigenvalue weighted by molar-refractivity contribution is 6.42. The zero-order valence-corrected chi connectivity index (χ0v) is 10.2. The fourth-order valence-electron chi connectivity index (χ4n) is 0.973. The van der Waals surface area contributed by atoms with Gasteiger partial charge >= 0.3 is 0 Å². The van der Waals surface area contributed by atoms with Gasteiger partial charge in [-0.2, -0.15) is 0 Å². The number of anilines is 1. The van der Waals surface area contributed by atoms with Crippen molar-refractivity contribution in [3.05, 3.63) is 28.2 Å². The summed E-state index contributed by atoms with van der Waals surface area (Å²) in [6.45, 7) is 7.44. The lowest BCUT2D eigenvalue weighted by atomic mass is 9.97. The molecule has 1 aromatic rings. The first-order chi connectivity index (χ1) is 6.38. The van der Waals surface area contributed by atoms with E-state index in [1.807, 2.05) is 12.1 Å². The highest BCUT2D eigenvalue weighted by atomic mass is 35.5. The van der Waals surface area contributed by atoms with Crippen molar-refractivity contribution in [2.75, 3.05) is 11.9 Å². The first-order valence-electron chi connectivity index (χ1n) is 4.57. The van der Waals surface area contributed by atoms with Crippen LogP contribution in [0.25, 0.3) is 0 Å². The third-order valence-electron chi connectivity index (χ3n) is 1.74. The molecule has 0 aliphatic rings. The van der Waals surface area contributed by atoms with Crippen molar-refractivity contribution in [3.8, 4) is 0 Å². The van der Waals surface area contributed by atoms with E-state index >= 15 is 0 Å². The second kappa shape index (κ2) is 4.41. The zero-order valence-electron chi connectivity index (χ0n) is 8.70. The van der Waals surface area contributed by atoms with E-state index in [9.17, 15) is 0 Å². The second-order valence-corrected chi connectivity index (χ2v) is 5.36. The van der Waals surface area contributed by atoms with Crippen LogP contribution in [0.15, 0.2) is 18.2 Å². The molecular weight excluding hydrogens is 217 g/mol. The summed E-state index contributed by atoms with van der Waals surface area (Å²) in [7, 11) is 0. The van der Waals surface area contributed by atoms with E-state index in [0.717, 1.165) is 12.2 Å². The summed E-state index contributed by atoms with van der Waals surface area (Å²) in [5.74, 6) is 0. The maximum absolute atomic E-state index is 5.89. The Bertz CT molecular complexity index is 316. The highest BCUT2D eigenvalue weighted by Gasteiger charge is 2.09. The van der Waals surface area contributed by atoms with Crippen molar-refractivity contribution in [1.29, 1.82) is 0 Å². The van der Waals surface area contributed by atoms with Crippen molar-refractivity contribution < 1.29 is 0 Å². The van der Waals surface area contributed by atoms with Gasteiger partial charge in [0.05, 0.1) is 10.0 Å². The molecule has 78 valence electrons. The summed E-state index contributed by atoms with van der Waals surface area (Å²) < 4.78 is 0. The first kappa shape index (κ1) is 11.7. The molecule has 0 fully saturated rings. The van der Waals surface area contributed by atoms with E-state index in [-0.39, 0.29) is 5.41 Å². The van der Waals surface area contributed by atoms with Crippen LogP contribution >= 0.6 is 23.2 Å². The van der Waals surface area contributed by atoms with Gasteiger partial charge in [0.25, 0.3) is 0 Å². The molecule has 0 unspecified atom stereocenters. The molecule has 0 aromatic heterocycles. The third kappa shape index (κ3) is 3.77. The lowest BCUT2D eigenvalue weighted by molar-refractivity contribution is 0.443. The van der Waals surface area contributed by atoms with Crippen LogP contribution in [0.3, 0.4) is 0 Å². The van der Waals surface area contributed by atoms with Crippen molar-refractivity contribution in [1.82, 2.24) is 0 Å². The zero-order chi connectivity index (χ0) is 10.8. The number of halogens is 2. The number of nitrogens with one attached hydrogen (secondary N) is 1. The van der Waals surface area contributed by atoms with E-state index in [1.165, 1.54) is 0 Å². The molecule has 1 nitrogen and oxygen atoms in total. The Kier molecular flexibility index (Phi) is 3.68. The van der Waals surface area contributed by atoms with Crippen molar-refractivity contribution in [3.63, 3.8) is 0 Å². The standard InChI is InChI=1S/C11H15Cl2N/c1-11(2,3)7-14-8-4-5-9(12)10(13)6-8/h4-6,14H,7H2,1-3H3. The van der Waals surface area contributed by atoms with Gasteiger partial charge in [0, 0.05) is 12.2 Å². The number of hydrogen-bond acceptors (Lipinski definition) is 1. The maximum Gasteiger partial charge on any atom is 0.0612 e. The monoisotopic (exact) mass is 231 g/mol. The molecule has 1 rings (SSSR count). The van der Waals surface area contributed by atoms with Crippen molar-refractivity contribution in [2.24, 2.45) is 5.41 Å². The predicted octanol–water partition coefficient (Wildman–Crippen LogP) is 4.45. The molecule has 3 heteroatoms. The van der Waals surface area contributed by atoms with Crippen LogP contribution in [0.1, 0.15) is 20.8 Å². The van der Waals surface area contributed by atoms with Gasteiger partial charge in [0.1, 0.15) is 0 Å². The van der Waals surface area contributed by atoms with E-state index in [2.05, 4.69) is 26.1 Å². The van der Waals surface area contributed by atoms with Crippen LogP contribution in [0.2, 0.25) is 10.0 Å². The smallest absolute Gasteiger partial charge is 0.0612 e. The Morgan fingerprint density at radius 1 is 1.14 bits per heavy atom. The summed E-state index contributed by atoms with van der Waals surface area (Å²) in [6, 6.07) is 5.57. The molecule has 1 aromatic carbocycles. The average Bonchev–Trinajstić information content (AvgIpc) is 2.06. The van der Waals surface area contributed by atoms with Gasteiger partial charge in [0.15, 0.2) is 0 Å². The van der Waals surface area contributed by atoms with E-state index in [1.54, 1.807) is 6.07 Å². The van der Waals surface area contributed by atoms with E-state index in [0.29, 0.717) is 10.0 Å². The summed E-state index contributed by atoms with van der Waals surface area (Å²) in [6.07, 6.45) is 0. The normalized spacial score (nSPS) is 11.5. The molecule has 0 amide bonds. The van der Waals surface area contributed by atoms with Crippen molar-refractivity contribution in [2.45, 2.75) is 20.8 Å². The molecule has 0 aliphatic heterocycles. The Morgan fingerprint density at radius 3 is 2.29 bits per heavy atom. The summed E-state index contributed by atoms with van der Waals surface area (Å²) >= 11 is 11.7. The largest absolute Gasteiger partial charge is 0.384 e. The van der Waals surface area contributed by atoms with Gasteiger partial charge in [-0.05, 0) is 23.6 Å². The number of benzene rings is 1.